The van der Waals surface area contributed by atoms with Crippen LogP contribution in [0.2, 0.25) is 0 Å². The summed E-state index contributed by atoms with van der Waals surface area (Å²) in [5.74, 6) is -0.379. The van der Waals surface area contributed by atoms with E-state index in [1.54, 1.807) is 44.2 Å². The number of carbonyl (C=O) groups is 2. The highest BCUT2D eigenvalue weighted by Gasteiger charge is 2.34. The van der Waals surface area contributed by atoms with Gasteiger partial charge in [0.2, 0.25) is 5.71 Å². The SMILES string of the molecule is CCN1C(=O)C(C#N)=C(C)/C(=C/c2nc3oc(-c4ccc(C#N)cc4)cc3s2)C1=O. The minimum Gasteiger partial charge on any atom is -0.437 e. The smallest absolute Gasteiger partial charge is 0.271 e. The van der Waals surface area contributed by atoms with E-state index in [2.05, 4.69) is 11.1 Å². The molecule has 3 aromatic rings. The number of likely N-dealkylation sites (N-methyl/N-ethyl adjacent to an activating group) is 1. The van der Waals surface area contributed by atoms with Crippen LogP contribution in [0.1, 0.15) is 24.4 Å². The number of thiazole rings is 1. The fourth-order valence-electron chi connectivity index (χ4n) is 3.20. The summed E-state index contributed by atoms with van der Waals surface area (Å²) in [6, 6.07) is 12.9. The Hall–Kier alpha value is -4.01. The molecule has 1 aromatic carbocycles. The Labute approximate surface area is 175 Å². The monoisotopic (exact) mass is 414 g/mol. The summed E-state index contributed by atoms with van der Waals surface area (Å²) < 4.78 is 6.63. The van der Waals surface area contributed by atoms with Gasteiger partial charge in [-0.1, -0.05) is 0 Å². The predicted molar refractivity (Wildman–Crippen MR) is 111 cm³/mol. The van der Waals surface area contributed by atoms with E-state index in [0.29, 0.717) is 27.6 Å². The first-order chi connectivity index (χ1) is 14.5. The summed E-state index contributed by atoms with van der Waals surface area (Å²) in [4.78, 5) is 30.5. The number of hydrogen-bond acceptors (Lipinski definition) is 7. The number of carbonyl (C=O) groups excluding carboxylic acids is 2. The van der Waals surface area contributed by atoms with Gasteiger partial charge in [-0.3, -0.25) is 14.5 Å². The third-order valence-electron chi connectivity index (χ3n) is 4.81. The van der Waals surface area contributed by atoms with Crippen LogP contribution in [0.4, 0.5) is 0 Å². The van der Waals surface area contributed by atoms with Crippen LogP contribution in [0.3, 0.4) is 0 Å². The van der Waals surface area contributed by atoms with Gasteiger partial charge in [-0.15, -0.1) is 11.3 Å². The number of hydrogen-bond donors (Lipinski definition) is 0. The Bertz CT molecular complexity index is 1310. The van der Waals surface area contributed by atoms with Crippen LogP contribution in [0.15, 0.2) is 51.5 Å². The normalized spacial score (nSPS) is 15.7. The fourth-order valence-corrected chi connectivity index (χ4v) is 4.08. The summed E-state index contributed by atoms with van der Waals surface area (Å²) >= 11 is 1.34. The molecule has 0 N–H and O–H groups in total. The third-order valence-corrected chi connectivity index (χ3v) is 5.74. The maximum absolute atomic E-state index is 12.7. The van der Waals surface area contributed by atoms with Gasteiger partial charge in [-0.2, -0.15) is 10.5 Å². The zero-order chi connectivity index (χ0) is 21.4. The number of nitriles is 2. The van der Waals surface area contributed by atoms with Crippen molar-refractivity contribution in [2.45, 2.75) is 13.8 Å². The Kier molecular flexibility index (Phi) is 4.78. The van der Waals surface area contributed by atoms with E-state index >= 15 is 0 Å². The first-order valence-corrected chi connectivity index (χ1v) is 9.88. The van der Waals surface area contributed by atoms with Gasteiger partial charge in [-0.05, 0) is 49.8 Å². The average Bonchev–Trinajstić information content (AvgIpc) is 3.31. The Morgan fingerprint density at radius 1 is 1.17 bits per heavy atom. The van der Waals surface area contributed by atoms with Crippen molar-refractivity contribution in [2.24, 2.45) is 0 Å². The molecule has 0 radical (unpaired) electrons. The standard InChI is InChI=1S/C22H14N4O3S/c1-3-26-21(27)15(12(2)16(11-24)22(26)28)8-19-25-20-18(30-19)9-17(29-20)14-6-4-13(10-23)5-7-14/h4-9H,3H2,1-2H3/b15-8-. The van der Waals surface area contributed by atoms with Crippen LogP contribution in [-0.4, -0.2) is 28.2 Å². The van der Waals surface area contributed by atoms with Crippen molar-refractivity contribution in [1.29, 1.82) is 10.5 Å². The minimum atomic E-state index is -0.570. The number of nitrogens with zero attached hydrogens (tertiary/aromatic N) is 4. The Morgan fingerprint density at radius 2 is 1.90 bits per heavy atom. The summed E-state index contributed by atoms with van der Waals surface area (Å²) in [6.45, 7) is 3.46. The van der Waals surface area contributed by atoms with Crippen molar-refractivity contribution in [1.82, 2.24) is 9.88 Å². The molecule has 0 atom stereocenters. The third kappa shape index (κ3) is 3.10. The zero-order valence-corrected chi connectivity index (χ0v) is 16.9. The van der Waals surface area contributed by atoms with E-state index in [-0.39, 0.29) is 17.7 Å². The van der Waals surface area contributed by atoms with Crippen molar-refractivity contribution in [3.8, 4) is 23.5 Å². The number of amides is 2. The van der Waals surface area contributed by atoms with Crippen molar-refractivity contribution in [2.75, 3.05) is 6.54 Å². The van der Waals surface area contributed by atoms with Gasteiger partial charge in [0.1, 0.15) is 22.4 Å². The molecule has 0 saturated heterocycles. The molecule has 4 rings (SSSR count). The van der Waals surface area contributed by atoms with E-state index < -0.39 is 11.8 Å². The van der Waals surface area contributed by atoms with Crippen LogP contribution >= 0.6 is 11.3 Å². The van der Waals surface area contributed by atoms with Gasteiger partial charge < -0.3 is 4.42 Å². The lowest BCUT2D eigenvalue weighted by Gasteiger charge is -2.25. The quantitative estimate of drug-likeness (QED) is 0.472. The van der Waals surface area contributed by atoms with Crippen LogP contribution in [0.25, 0.3) is 27.8 Å². The molecule has 3 heterocycles. The number of aromatic nitrogens is 1. The van der Waals surface area contributed by atoms with Gasteiger partial charge >= 0.3 is 0 Å². The molecule has 0 fully saturated rings. The number of fused-ring (bicyclic) bond motifs is 1. The van der Waals surface area contributed by atoms with E-state index in [1.807, 2.05) is 12.1 Å². The molecular formula is C22H14N4O3S. The first kappa shape index (κ1) is 19.3. The summed E-state index contributed by atoms with van der Waals surface area (Å²) in [5.41, 5.74) is 2.41. The summed E-state index contributed by atoms with van der Waals surface area (Å²) in [6.07, 6.45) is 1.59. The maximum Gasteiger partial charge on any atom is 0.271 e. The van der Waals surface area contributed by atoms with E-state index in [0.717, 1.165) is 15.2 Å². The second kappa shape index (κ2) is 7.43. The molecule has 30 heavy (non-hydrogen) atoms. The van der Waals surface area contributed by atoms with Crippen molar-refractivity contribution in [3.05, 3.63) is 57.6 Å². The molecule has 0 bridgehead atoms. The molecule has 1 aliphatic rings. The predicted octanol–water partition coefficient (Wildman–Crippen LogP) is 4.04. The maximum atomic E-state index is 12.7. The number of rotatable bonds is 3. The number of imide groups is 1. The van der Waals surface area contributed by atoms with Crippen molar-refractivity contribution in [3.63, 3.8) is 0 Å². The number of benzene rings is 1. The molecule has 2 aromatic heterocycles. The summed E-state index contributed by atoms with van der Waals surface area (Å²) in [5, 5.41) is 18.8. The van der Waals surface area contributed by atoms with E-state index in [9.17, 15) is 14.9 Å². The van der Waals surface area contributed by atoms with Gasteiger partial charge in [0.25, 0.3) is 11.8 Å². The Morgan fingerprint density at radius 3 is 2.50 bits per heavy atom. The lowest BCUT2D eigenvalue weighted by molar-refractivity contribution is -0.140. The zero-order valence-electron chi connectivity index (χ0n) is 16.1. The van der Waals surface area contributed by atoms with Crippen molar-refractivity contribution >= 4 is 39.6 Å². The molecule has 8 heteroatoms. The highest BCUT2D eigenvalue weighted by Crippen LogP contribution is 2.34. The van der Waals surface area contributed by atoms with Crippen LogP contribution in [0, 0.1) is 22.7 Å². The lowest BCUT2D eigenvalue weighted by Crippen LogP contribution is -2.42. The minimum absolute atomic E-state index is 0.0361. The topological polar surface area (TPSA) is 111 Å². The molecule has 0 aliphatic carbocycles. The molecule has 146 valence electrons. The van der Waals surface area contributed by atoms with Crippen LogP contribution in [-0.2, 0) is 9.59 Å². The first-order valence-electron chi connectivity index (χ1n) is 9.07. The van der Waals surface area contributed by atoms with E-state index in [1.165, 1.54) is 11.3 Å². The van der Waals surface area contributed by atoms with Gasteiger partial charge in [-0.25, -0.2) is 4.98 Å². The molecular weight excluding hydrogens is 400 g/mol. The summed E-state index contributed by atoms with van der Waals surface area (Å²) in [7, 11) is 0. The number of furan rings is 1. The van der Waals surface area contributed by atoms with Gasteiger partial charge in [0.05, 0.1) is 16.3 Å². The highest BCUT2D eigenvalue weighted by atomic mass is 32.1. The van der Waals surface area contributed by atoms with Gasteiger partial charge in [0, 0.05) is 23.7 Å². The van der Waals surface area contributed by atoms with Crippen molar-refractivity contribution < 1.29 is 14.0 Å². The molecule has 1 aliphatic heterocycles. The van der Waals surface area contributed by atoms with Crippen LogP contribution in [0.5, 0.6) is 0 Å². The van der Waals surface area contributed by atoms with E-state index in [4.69, 9.17) is 9.68 Å². The second-order valence-electron chi connectivity index (χ2n) is 6.55. The highest BCUT2D eigenvalue weighted by molar-refractivity contribution is 7.19. The van der Waals surface area contributed by atoms with Gasteiger partial charge in [0.15, 0.2) is 0 Å². The Balaban J connectivity index is 1.72. The second-order valence-corrected chi connectivity index (χ2v) is 7.61. The lowest BCUT2D eigenvalue weighted by atomic mass is 9.95. The fraction of sp³-hybridized carbons (Fsp3) is 0.136. The largest absolute Gasteiger partial charge is 0.437 e. The molecule has 0 saturated carbocycles. The molecule has 0 unspecified atom stereocenters. The molecule has 2 amide bonds. The molecule has 0 spiro atoms. The average molecular weight is 414 g/mol. The molecule has 7 nitrogen and oxygen atoms in total. The van der Waals surface area contributed by atoms with Crippen LogP contribution < -0.4 is 0 Å².